The molecule has 334 valence electrons. The van der Waals surface area contributed by atoms with Crippen molar-refractivity contribution in [3.05, 3.63) is 143 Å². The van der Waals surface area contributed by atoms with Crippen molar-refractivity contribution >= 4 is 14.5 Å². The fourth-order valence-electron chi connectivity index (χ4n) is 7.85. The minimum absolute atomic E-state index is 0.0681. The van der Waals surface area contributed by atoms with Crippen LogP contribution in [-0.4, -0.2) is 88.4 Å². The van der Waals surface area contributed by atoms with Crippen molar-refractivity contribution in [2.45, 2.75) is 97.0 Å². The Morgan fingerprint density at radius 1 is 0.726 bits per heavy atom. The van der Waals surface area contributed by atoms with Gasteiger partial charge >= 0.3 is 5.97 Å². The van der Waals surface area contributed by atoms with Gasteiger partial charge in [-0.3, -0.25) is 0 Å². The third kappa shape index (κ3) is 12.6. The van der Waals surface area contributed by atoms with Crippen LogP contribution in [0, 0.1) is 18.4 Å². The highest BCUT2D eigenvalue weighted by molar-refractivity contribution is 7.44. The van der Waals surface area contributed by atoms with Crippen LogP contribution in [0.4, 0.5) is 0 Å². The minimum atomic E-state index is -1.27. The number of methoxy groups -OCH3 is 2. The van der Waals surface area contributed by atoms with Gasteiger partial charge in [0.15, 0.2) is 6.29 Å². The summed E-state index contributed by atoms with van der Waals surface area (Å²) in [6.07, 6.45) is 0.639. The van der Waals surface area contributed by atoms with Crippen LogP contribution in [0.25, 0.3) is 4.85 Å². The number of carbonyl (C=O) groups excluding carboxylic acids is 1. The normalized spacial score (nSPS) is 19.6. The molecule has 1 aliphatic heterocycles. The summed E-state index contributed by atoms with van der Waals surface area (Å²) in [6, 6.07) is 35.4. The van der Waals surface area contributed by atoms with Gasteiger partial charge in [0, 0.05) is 30.5 Å². The van der Waals surface area contributed by atoms with E-state index in [0.717, 1.165) is 47.5 Å². The maximum atomic E-state index is 13.7. The van der Waals surface area contributed by atoms with Crippen LogP contribution in [0.3, 0.4) is 0 Å². The van der Waals surface area contributed by atoms with E-state index in [1.807, 2.05) is 84.9 Å². The number of benzene rings is 4. The van der Waals surface area contributed by atoms with Gasteiger partial charge in [0.2, 0.25) is 6.54 Å². The van der Waals surface area contributed by atoms with E-state index >= 15 is 0 Å². The predicted octanol–water partition coefficient (Wildman–Crippen LogP) is 10.7. The van der Waals surface area contributed by atoms with E-state index in [9.17, 15) is 4.79 Å². The van der Waals surface area contributed by atoms with Gasteiger partial charge in [0.25, 0.3) is 8.53 Å². The van der Waals surface area contributed by atoms with Gasteiger partial charge in [-0.05, 0) is 100 Å². The Morgan fingerprint density at radius 3 is 1.81 bits per heavy atom. The molecule has 4 aromatic rings. The summed E-state index contributed by atoms with van der Waals surface area (Å²) in [5.41, 5.74) is 2.03. The Labute approximate surface area is 370 Å². The minimum Gasteiger partial charge on any atom is -0.497 e. The zero-order valence-electron chi connectivity index (χ0n) is 37.6. The Bertz CT molecular complexity index is 1890. The first-order chi connectivity index (χ1) is 30.0. The van der Waals surface area contributed by atoms with Gasteiger partial charge in [-0.15, -0.1) is 0 Å². The molecule has 12 heteroatoms. The number of hydrogen-bond donors (Lipinski definition) is 0. The molecule has 0 N–H and O–H groups in total. The topological polar surface area (TPSA) is 98.5 Å². The van der Waals surface area contributed by atoms with Crippen molar-refractivity contribution in [2.24, 2.45) is 11.8 Å². The summed E-state index contributed by atoms with van der Waals surface area (Å²) in [7, 11) is 2.02. The van der Waals surface area contributed by atoms with Crippen molar-refractivity contribution < 1.29 is 42.3 Å². The second-order valence-corrected chi connectivity index (χ2v) is 17.6. The summed E-state index contributed by atoms with van der Waals surface area (Å²) in [4.78, 5) is 17.1. The largest absolute Gasteiger partial charge is 0.497 e. The molecule has 0 aliphatic carbocycles. The molecule has 0 amide bonds. The lowest BCUT2D eigenvalue weighted by molar-refractivity contribution is -0.274. The number of esters is 1. The average molecular weight is 869 g/mol. The van der Waals surface area contributed by atoms with E-state index in [4.69, 9.17) is 44.0 Å². The molecule has 1 heterocycles. The van der Waals surface area contributed by atoms with Crippen LogP contribution in [0.1, 0.15) is 87.9 Å². The van der Waals surface area contributed by atoms with Crippen molar-refractivity contribution in [2.75, 3.05) is 47.2 Å². The summed E-state index contributed by atoms with van der Waals surface area (Å²) in [6.45, 7) is 21.6. The van der Waals surface area contributed by atoms with Crippen LogP contribution >= 0.6 is 8.53 Å². The number of nitrogens with zero attached hydrogens (tertiary/aromatic N) is 2. The second-order valence-electron chi connectivity index (χ2n) is 16.1. The van der Waals surface area contributed by atoms with E-state index in [0.29, 0.717) is 31.9 Å². The van der Waals surface area contributed by atoms with Gasteiger partial charge < -0.3 is 42.3 Å². The van der Waals surface area contributed by atoms with E-state index in [2.05, 4.69) is 63.2 Å². The molecule has 0 radical (unpaired) electrons. The first kappa shape index (κ1) is 48.7. The van der Waals surface area contributed by atoms with E-state index in [1.165, 1.54) is 0 Å². The first-order valence-electron chi connectivity index (χ1n) is 21.7. The molecule has 6 atom stereocenters. The summed E-state index contributed by atoms with van der Waals surface area (Å²) >= 11 is 0. The highest BCUT2D eigenvalue weighted by Crippen LogP contribution is 2.46. The Balaban J connectivity index is 1.36. The van der Waals surface area contributed by atoms with E-state index in [1.54, 1.807) is 26.4 Å². The lowest BCUT2D eigenvalue weighted by Gasteiger charge is -2.45. The molecule has 62 heavy (non-hydrogen) atoms. The summed E-state index contributed by atoms with van der Waals surface area (Å²) in [5.74, 6) is 0.790. The summed E-state index contributed by atoms with van der Waals surface area (Å²) < 4.78 is 52.7. The van der Waals surface area contributed by atoms with E-state index < -0.39 is 38.6 Å². The SMILES string of the molecule is [C-]#[N+]CCOP(OCCCCCOC1OC(COC(c2ccccc2)(c2ccc(OC)cc2)c2ccc(OC)cc2)C(OC(=O)c2ccccc2)C(C)C1C)N(C(C)C)C(C)C. The Morgan fingerprint density at radius 2 is 1.26 bits per heavy atom. The number of carbonyl (C=O) groups is 1. The molecule has 0 bridgehead atoms. The lowest BCUT2D eigenvalue weighted by Crippen LogP contribution is -2.54. The second kappa shape index (κ2) is 24.5. The van der Waals surface area contributed by atoms with Crippen LogP contribution < -0.4 is 9.47 Å². The monoisotopic (exact) mass is 868 g/mol. The molecule has 6 unspecified atom stereocenters. The molecular weight excluding hydrogens is 804 g/mol. The maximum Gasteiger partial charge on any atom is 0.338 e. The fraction of sp³-hybridized carbons (Fsp3) is 0.480. The molecule has 11 nitrogen and oxygen atoms in total. The van der Waals surface area contributed by atoms with Crippen LogP contribution in [-0.2, 0) is 33.6 Å². The third-order valence-corrected chi connectivity index (χ3v) is 13.4. The zero-order chi connectivity index (χ0) is 44.5. The number of unbranched alkanes of at least 4 members (excludes halogenated alkanes) is 2. The standard InChI is InChI=1S/C50H65N2O9P/c1-36(2)52(37(3)4)62(59-34-31-51-7)58-33-18-12-17-32-56-49-39(6)38(5)47(61-48(53)40-19-13-10-14-20-40)46(60-49)35-57-50(41-21-15-11-16-22-41,42-23-27-44(54-8)28-24-42)43-25-29-45(55-9)30-26-43/h10-11,13-16,19-30,36-39,46-47,49H,12,17-18,31-35H2,1-6,8-9H3. The van der Waals surface area contributed by atoms with Crippen molar-refractivity contribution in [3.8, 4) is 11.5 Å². The third-order valence-electron chi connectivity index (χ3n) is 11.3. The van der Waals surface area contributed by atoms with Crippen molar-refractivity contribution in [3.63, 3.8) is 0 Å². The summed E-state index contributed by atoms with van der Waals surface area (Å²) in [5, 5.41) is 0. The fourth-order valence-corrected chi connectivity index (χ4v) is 9.47. The Kier molecular flexibility index (Phi) is 19.2. The van der Waals surface area contributed by atoms with Crippen molar-refractivity contribution in [1.82, 2.24) is 4.67 Å². The maximum absolute atomic E-state index is 13.7. The first-order valence-corrected chi connectivity index (χ1v) is 22.9. The molecule has 1 saturated heterocycles. The van der Waals surface area contributed by atoms with Gasteiger partial charge in [-0.25, -0.2) is 16.0 Å². The average Bonchev–Trinajstić information content (AvgIpc) is 3.29. The van der Waals surface area contributed by atoms with Gasteiger partial charge in [-0.1, -0.05) is 86.6 Å². The van der Waals surface area contributed by atoms with E-state index in [-0.39, 0.29) is 30.5 Å². The van der Waals surface area contributed by atoms with Gasteiger partial charge in [-0.2, -0.15) is 0 Å². The number of ether oxygens (including phenoxy) is 6. The highest BCUT2D eigenvalue weighted by atomic mass is 31.2. The predicted molar refractivity (Wildman–Crippen MR) is 243 cm³/mol. The number of hydrogen-bond acceptors (Lipinski definition) is 10. The van der Waals surface area contributed by atoms with Crippen LogP contribution in [0.15, 0.2) is 109 Å². The van der Waals surface area contributed by atoms with Crippen molar-refractivity contribution in [1.29, 1.82) is 0 Å². The zero-order valence-corrected chi connectivity index (χ0v) is 38.5. The van der Waals surface area contributed by atoms with Gasteiger partial charge in [0.05, 0.1) is 33.0 Å². The van der Waals surface area contributed by atoms with Crippen LogP contribution in [0.2, 0.25) is 0 Å². The quantitative estimate of drug-likeness (QED) is 0.0223. The Hall–Kier alpha value is -4.37. The number of rotatable bonds is 24. The molecular formula is C50H65N2O9P. The smallest absolute Gasteiger partial charge is 0.338 e. The lowest BCUT2D eigenvalue weighted by atomic mass is 9.79. The van der Waals surface area contributed by atoms with Crippen LogP contribution in [0.5, 0.6) is 11.5 Å². The highest BCUT2D eigenvalue weighted by Gasteiger charge is 2.47. The van der Waals surface area contributed by atoms with Gasteiger partial charge in [0.1, 0.15) is 35.9 Å². The molecule has 0 saturated carbocycles. The molecule has 0 aromatic heterocycles. The molecule has 1 aliphatic rings. The molecule has 0 spiro atoms. The molecule has 4 aromatic carbocycles. The molecule has 1 fully saturated rings. The molecule has 5 rings (SSSR count).